The zero-order chi connectivity index (χ0) is 17.1. The predicted molar refractivity (Wildman–Crippen MR) is 97.9 cm³/mol. The van der Waals surface area contributed by atoms with Gasteiger partial charge in [0.15, 0.2) is 0 Å². The lowest BCUT2D eigenvalue weighted by Gasteiger charge is -2.33. The molecule has 136 valence electrons. The average molecular weight is 367 g/mol. The van der Waals surface area contributed by atoms with E-state index in [1.165, 1.54) is 0 Å². The SMILES string of the molecule is CCN(Cc1nc2ccccc2c(=O)[nH]1)C(=O)[C@H]1NCCO[C@@H]1C.Cl. The molecule has 2 atom stereocenters. The summed E-state index contributed by atoms with van der Waals surface area (Å²) in [4.78, 5) is 33.8. The van der Waals surface area contributed by atoms with E-state index in [1.54, 1.807) is 23.1 Å². The van der Waals surface area contributed by atoms with E-state index in [0.29, 0.717) is 36.4 Å². The molecule has 1 amide bonds. The van der Waals surface area contributed by atoms with Crippen LogP contribution in [0.25, 0.3) is 10.9 Å². The van der Waals surface area contributed by atoms with Crippen molar-refractivity contribution < 1.29 is 9.53 Å². The topological polar surface area (TPSA) is 87.3 Å². The number of nitrogens with zero attached hydrogens (tertiary/aromatic N) is 2. The number of aromatic nitrogens is 2. The zero-order valence-electron chi connectivity index (χ0n) is 14.3. The highest BCUT2D eigenvalue weighted by Crippen LogP contribution is 2.11. The van der Waals surface area contributed by atoms with E-state index in [1.807, 2.05) is 19.9 Å². The van der Waals surface area contributed by atoms with E-state index in [2.05, 4.69) is 15.3 Å². The third-order valence-corrected chi connectivity index (χ3v) is 4.28. The molecule has 7 nitrogen and oxygen atoms in total. The van der Waals surface area contributed by atoms with Gasteiger partial charge in [0.2, 0.25) is 5.91 Å². The van der Waals surface area contributed by atoms with Crippen molar-refractivity contribution >= 4 is 29.2 Å². The van der Waals surface area contributed by atoms with E-state index in [0.717, 1.165) is 0 Å². The lowest BCUT2D eigenvalue weighted by molar-refractivity contribution is -0.140. The summed E-state index contributed by atoms with van der Waals surface area (Å²) in [5, 5.41) is 3.75. The van der Waals surface area contributed by atoms with E-state index in [9.17, 15) is 9.59 Å². The standard InChI is InChI=1S/C17H22N4O3.ClH/c1-3-21(17(23)15-11(2)24-9-8-18-15)10-14-19-13-7-5-4-6-12(13)16(22)20-14;/h4-7,11,15,18H,3,8-10H2,1-2H3,(H,19,20,22);1H/t11-,15+;/m1./s1. The predicted octanol–water partition coefficient (Wildman–Crippen LogP) is 1.07. The smallest absolute Gasteiger partial charge is 0.258 e. The number of rotatable bonds is 4. The Morgan fingerprint density at radius 2 is 2.16 bits per heavy atom. The van der Waals surface area contributed by atoms with Crippen molar-refractivity contribution in [3.63, 3.8) is 0 Å². The normalized spacial score (nSPS) is 20.1. The average Bonchev–Trinajstić information content (AvgIpc) is 2.59. The molecule has 2 heterocycles. The Bertz CT molecular complexity index is 795. The number of halogens is 1. The summed E-state index contributed by atoms with van der Waals surface area (Å²) in [5.74, 6) is 0.443. The van der Waals surface area contributed by atoms with Crippen molar-refractivity contribution in [3.05, 3.63) is 40.4 Å². The number of para-hydroxylation sites is 1. The minimum Gasteiger partial charge on any atom is -0.375 e. The third-order valence-electron chi connectivity index (χ3n) is 4.28. The first kappa shape index (κ1) is 19.4. The van der Waals surface area contributed by atoms with Crippen LogP contribution in [0.3, 0.4) is 0 Å². The van der Waals surface area contributed by atoms with Crippen molar-refractivity contribution in [3.8, 4) is 0 Å². The van der Waals surface area contributed by atoms with E-state index in [4.69, 9.17) is 4.74 Å². The molecule has 1 fully saturated rings. The monoisotopic (exact) mass is 366 g/mol. The number of likely N-dealkylation sites (N-methyl/N-ethyl adjacent to an activating group) is 1. The number of amides is 1. The van der Waals surface area contributed by atoms with Gasteiger partial charge < -0.3 is 19.9 Å². The number of hydrogen-bond acceptors (Lipinski definition) is 5. The molecule has 0 radical (unpaired) electrons. The first-order chi connectivity index (χ1) is 11.6. The second-order valence-corrected chi connectivity index (χ2v) is 5.89. The molecule has 0 saturated carbocycles. The van der Waals surface area contributed by atoms with E-state index >= 15 is 0 Å². The number of aromatic amines is 1. The van der Waals surface area contributed by atoms with Gasteiger partial charge >= 0.3 is 0 Å². The van der Waals surface area contributed by atoms with Gasteiger partial charge in [0.1, 0.15) is 11.9 Å². The number of H-pyrrole nitrogens is 1. The molecule has 0 bridgehead atoms. The van der Waals surface area contributed by atoms with E-state index in [-0.39, 0.29) is 42.6 Å². The van der Waals surface area contributed by atoms with Crippen molar-refractivity contribution in [2.24, 2.45) is 0 Å². The van der Waals surface area contributed by atoms with Gasteiger partial charge in [0, 0.05) is 13.1 Å². The highest BCUT2D eigenvalue weighted by atomic mass is 35.5. The zero-order valence-corrected chi connectivity index (χ0v) is 15.1. The summed E-state index contributed by atoms with van der Waals surface area (Å²) < 4.78 is 5.55. The third kappa shape index (κ3) is 4.18. The fraction of sp³-hybridized carbons (Fsp3) is 0.471. The molecule has 2 aromatic rings. The minimum absolute atomic E-state index is 0. The summed E-state index contributed by atoms with van der Waals surface area (Å²) in [5.41, 5.74) is 0.443. The molecule has 8 heteroatoms. The van der Waals surface area contributed by atoms with Crippen LogP contribution in [0, 0.1) is 0 Å². The first-order valence-electron chi connectivity index (χ1n) is 8.22. The van der Waals surface area contributed by atoms with Crippen LogP contribution in [0.1, 0.15) is 19.7 Å². The number of benzene rings is 1. The molecule has 3 rings (SSSR count). The van der Waals surface area contributed by atoms with Gasteiger partial charge in [-0.3, -0.25) is 9.59 Å². The number of hydrogen-bond donors (Lipinski definition) is 2. The summed E-state index contributed by atoms with van der Waals surface area (Å²) in [6.07, 6.45) is -0.177. The highest BCUT2D eigenvalue weighted by Gasteiger charge is 2.31. The van der Waals surface area contributed by atoms with Crippen LogP contribution >= 0.6 is 12.4 Å². The molecule has 0 aliphatic carbocycles. The van der Waals surface area contributed by atoms with Gasteiger partial charge in [-0.2, -0.15) is 0 Å². The molecule has 0 spiro atoms. The number of ether oxygens (including phenoxy) is 1. The van der Waals surface area contributed by atoms with Gasteiger partial charge in [-0.25, -0.2) is 4.98 Å². The molecule has 25 heavy (non-hydrogen) atoms. The molecule has 1 saturated heterocycles. The van der Waals surface area contributed by atoms with Gasteiger partial charge in [-0.15, -0.1) is 12.4 Å². The molecule has 1 aromatic carbocycles. The second kappa shape index (κ2) is 8.42. The number of fused-ring (bicyclic) bond motifs is 1. The Hall–Kier alpha value is -1.96. The number of carbonyl (C=O) groups excluding carboxylic acids is 1. The molecule has 2 N–H and O–H groups in total. The lowest BCUT2D eigenvalue weighted by Crippen LogP contribution is -2.56. The van der Waals surface area contributed by atoms with Crippen LogP contribution in [-0.2, 0) is 16.1 Å². The van der Waals surface area contributed by atoms with Crippen LogP contribution in [0.4, 0.5) is 0 Å². The Balaban J connectivity index is 0.00000225. The number of morpholine rings is 1. The summed E-state index contributed by atoms with van der Waals surface area (Å²) in [6, 6.07) is 6.80. The maximum Gasteiger partial charge on any atom is 0.258 e. The molecule has 1 aromatic heterocycles. The maximum atomic E-state index is 12.8. The summed E-state index contributed by atoms with van der Waals surface area (Å²) in [6.45, 7) is 5.85. The van der Waals surface area contributed by atoms with Gasteiger partial charge in [-0.1, -0.05) is 12.1 Å². The van der Waals surface area contributed by atoms with Gasteiger partial charge in [-0.05, 0) is 26.0 Å². The van der Waals surface area contributed by atoms with Crippen molar-refractivity contribution in [1.82, 2.24) is 20.2 Å². The Morgan fingerprint density at radius 3 is 2.88 bits per heavy atom. The second-order valence-electron chi connectivity index (χ2n) is 5.89. The van der Waals surface area contributed by atoms with Crippen LogP contribution in [0.15, 0.2) is 29.1 Å². The minimum atomic E-state index is -0.370. The highest BCUT2D eigenvalue weighted by molar-refractivity contribution is 5.85. The molecule has 1 aliphatic rings. The van der Waals surface area contributed by atoms with Crippen LogP contribution in [0.2, 0.25) is 0 Å². The van der Waals surface area contributed by atoms with Crippen molar-refractivity contribution in [2.75, 3.05) is 19.7 Å². The van der Waals surface area contributed by atoms with Crippen molar-refractivity contribution in [2.45, 2.75) is 32.5 Å². The molecular weight excluding hydrogens is 344 g/mol. The largest absolute Gasteiger partial charge is 0.375 e. The van der Waals surface area contributed by atoms with Gasteiger partial charge in [0.25, 0.3) is 5.56 Å². The number of nitrogens with one attached hydrogen (secondary N) is 2. The summed E-state index contributed by atoms with van der Waals surface area (Å²) >= 11 is 0. The fourth-order valence-electron chi connectivity index (χ4n) is 2.94. The summed E-state index contributed by atoms with van der Waals surface area (Å²) in [7, 11) is 0. The quantitative estimate of drug-likeness (QED) is 0.845. The lowest BCUT2D eigenvalue weighted by atomic mass is 10.1. The van der Waals surface area contributed by atoms with E-state index < -0.39 is 0 Å². The Morgan fingerprint density at radius 1 is 1.40 bits per heavy atom. The fourth-order valence-corrected chi connectivity index (χ4v) is 2.94. The molecular formula is C17H23ClN4O3. The molecule has 0 unspecified atom stereocenters. The van der Waals surface area contributed by atoms with Gasteiger partial charge in [0.05, 0.1) is 30.2 Å². The van der Waals surface area contributed by atoms with Crippen LogP contribution in [0.5, 0.6) is 0 Å². The van der Waals surface area contributed by atoms with Crippen LogP contribution < -0.4 is 10.9 Å². The van der Waals surface area contributed by atoms with Crippen molar-refractivity contribution in [1.29, 1.82) is 0 Å². The molecule has 1 aliphatic heterocycles. The number of carbonyl (C=O) groups is 1. The first-order valence-corrected chi connectivity index (χ1v) is 8.22. The Labute approximate surface area is 152 Å². The maximum absolute atomic E-state index is 12.8. The Kier molecular flexibility index (Phi) is 6.52. The van der Waals surface area contributed by atoms with Crippen LogP contribution in [-0.4, -0.2) is 52.6 Å².